The minimum absolute atomic E-state index is 0.0229. The number of nitrogens with two attached hydrogens (primary N) is 1. The SMILES string of the molecule is C[C@@H](O)[C@H]1O[C@@H](n2cnc3c(=O)[nH]c(N)nc32)[C@@](Cl)(C#CCF)C1O. The number of ether oxygens (including phenoxy) is 1. The molecule has 2 aromatic rings. The molecule has 0 radical (unpaired) electrons. The van der Waals surface area contributed by atoms with E-state index in [9.17, 15) is 19.4 Å². The molecule has 1 aliphatic heterocycles. The van der Waals surface area contributed by atoms with Crippen LogP contribution in [0.15, 0.2) is 11.1 Å². The molecule has 0 amide bonds. The highest BCUT2D eigenvalue weighted by Gasteiger charge is 2.57. The molecule has 5 N–H and O–H groups in total. The van der Waals surface area contributed by atoms with Gasteiger partial charge in [-0.05, 0) is 6.92 Å². The maximum absolute atomic E-state index is 12.5. The molecule has 3 heterocycles. The first-order valence-corrected chi connectivity index (χ1v) is 7.66. The maximum Gasteiger partial charge on any atom is 0.280 e. The van der Waals surface area contributed by atoms with Gasteiger partial charge in [0.15, 0.2) is 22.3 Å². The Kier molecular flexibility index (Phi) is 4.42. The molecule has 134 valence electrons. The fourth-order valence-electron chi connectivity index (χ4n) is 2.77. The monoisotopic (exact) mass is 371 g/mol. The van der Waals surface area contributed by atoms with Gasteiger partial charge in [0.1, 0.15) is 18.9 Å². The van der Waals surface area contributed by atoms with Crippen LogP contribution in [0.2, 0.25) is 0 Å². The number of hydrogen-bond acceptors (Lipinski definition) is 7. The summed E-state index contributed by atoms with van der Waals surface area (Å²) in [5.74, 6) is 4.45. The number of nitrogens with one attached hydrogen (secondary N) is 1. The third kappa shape index (κ3) is 2.75. The summed E-state index contributed by atoms with van der Waals surface area (Å²) in [6.07, 6.45) is -3.58. The number of imidazole rings is 1. The minimum atomic E-state index is -1.79. The molecule has 3 rings (SSSR count). The van der Waals surface area contributed by atoms with E-state index in [0.29, 0.717) is 0 Å². The van der Waals surface area contributed by atoms with Crippen molar-refractivity contribution in [1.82, 2.24) is 19.5 Å². The molecular formula is C14H15ClFN5O4. The van der Waals surface area contributed by atoms with Crippen molar-refractivity contribution in [2.24, 2.45) is 0 Å². The van der Waals surface area contributed by atoms with Gasteiger partial charge in [-0.3, -0.25) is 14.3 Å². The summed E-state index contributed by atoms with van der Waals surface area (Å²) < 4.78 is 19.5. The van der Waals surface area contributed by atoms with Crippen molar-refractivity contribution in [3.63, 3.8) is 0 Å². The number of aliphatic hydroxyl groups excluding tert-OH is 2. The maximum atomic E-state index is 12.5. The number of aromatic amines is 1. The quantitative estimate of drug-likeness (QED) is 0.404. The van der Waals surface area contributed by atoms with Gasteiger partial charge < -0.3 is 20.7 Å². The smallest absolute Gasteiger partial charge is 0.280 e. The Labute approximate surface area is 145 Å². The topological polar surface area (TPSA) is 139 Å². The molecule has 1 unspecified atom stereocenters. The number of alkyl halides is 2. The van der Waals surface area contributed by atoms with E-state index in [1.807, 2.05) is 0 Å². The van der Waals surface area contributed by atoms with Crippen molar-refractivity contribution in [2.75, 3.05) is 12.4 Å². The fourth-order valence-corrected chi connectivity index (χ4v) is 3.12. The van der Waals surface area contributed by atoms with Gasteiger partial charge >= 0.3 is 0 Å². The van der Waals surface area contributed by atoms with Gasteiger partial charge in [0.25, 0.3) is 5.56 Å². The van der Waals surface area contributed by atoms with Crippen molar-refractivity contribution < 1.29 is 19.3 Å². The van der Waals surface area contributed by atoms with Gasteiger partial charge in [0.2, 0.25) is 5.95 Å². The van der Waals surface area contributed by atoms with Crippen LogP contribution in [0.1, 0.15) is 13.2 Å². The predicted octanol–water partition coefficient (Wildman–Crippen LogP) is -0.709. The Balaban J connectivity index is 2.18. The summed E-state index contributed by atoms with van der Waals surface area (Å²) in [6.45, 7) is 0.423. The molecule has 0 saturated carbocycles. The standard InChI is InChI=1S/C14H15ClFN5O4/c1-6(22)8-9(23)14(15,3-2-4-16)12(25-8)21-5-18-7-10(21)19-13(17)20-11(7)24/h5-6,8-9,12,22-23H,4H2,1H3,(H3,17,19,20,24)/t6-,8-,9?,12-,14-/m1/s1. The molecule has 1 fully saturated rings. The number of fused-ring (bicyclic) bond motifs is 1. The number of aliphatic hydroxyl groups is 2. The molecule has 1 saturated heterocycles. The molecule has 11 heteroatoms. The third-order valence-corrected chi connectivity index (χ3v) is 4.42. The molecule has 1 aliphatic rings. The molecule has 0 bridgehead atoms. The highest BCUT2D eigenvalue weighted by atomic mass is 35.5. The van der Waals surface area contributed by atoms with Crippen LogP contribution < -0.4 is 11.3 Å². The van der Waals surface area contributed by atoms with Crippen LogP contribution in [0.4, 0.5) is 10.3 Å². The lowest BCUT2D eigenvalue weighted by Crippen LogP contribution is -2.43. The summed E-state index contributed by atoms with van der Waals surface area (Å²) in [7, 11) is 0. The molecule has 0 spiro atoms. The fraction of sp³-hybridized carbons (Fsp3) is 0.500. The number of rotatable bonds is 2. The van der Waals surface area contributed by atoms with E-state index >= 15 is 0 Å². The normalized spacial score (nSPS) is 30.2. The zero-order valence-electron chi connectivity index (χ0n) is 13.0. The number of hydrogen-bond donors (Lipinski definition) is 4. The first-order chi connectivity index (χ1) is 11.8. The highest BCUT2D eigenvalue weighted by molar-refractivity contribution is 6.27. The van der Waals surface area contributed by atoms with Crippen LogP contribution >= 0.6 is 11.6 Å². The Morgan fingerprint density at radius 3 is 3.04 bits per heavy atom. The van der Waals surface area contributed by atoms with Gasteiger partial charge in [-0.1, -0.05) is 23.4 Å². The first-order valence-electron chi connectivity index (χ1n) is 7.28. The van der Waals surface area contributed by atoms with Gasteiger partial charge in [0.05, 0.1) is 12.4 Å². The summed E-state index contributed by atoms with van der Waals surface area (Å²) >= 11 is 6.46. The second kappa shape index (κ2) is 6.27. The number of nitrogen functional groups attached to an aromatic ring is 1. The summed E-state index contributed by atoms with van der Waals surface area (Å²) in [5, 5.41) is 20.3. The van der Waals surface area contributed by atoms with Crippen LogP contribution in [-0.2, 0) is 4.74 Å². The van der Waals surface area contributed by atoms with E-state index in [1.54, 1.807) is 0 Å². The minimum Gasteiger partial charge on any atom is -0.391 e. The molecule has 5 atom stereocenters. The number of H-pyrrole nitrogens is 1. The molecule has 9 nitrogen and oxygen atoms in total. The van der Waals surface area contributed by atoms with E-state index in [4.69, 9.17) is 22.1 Å². The van der Waals surface area contributed by atoms with E-state index in [0.717, 1.165) is 0 Å². The highest BCUT2D eigenvalue weighted by Crippen LogP contribution is 2.44. The molecule has 2 aromatic heterocycles. The Morgan fingerprint density at radius 1 is 1.68 bits per heavy atom. The Morgan fingerprint density at radius 2 is 2.40 bits per heavy atom. The van der Waals surface area contributed by atoms with Gasteiger partial charge in [-0.2, -0.15) is 4.98 Å². The number of nitrogens with zero attached hydrogens (tertiary/aromatic N) is 3. The third-order valence-electron chi connectivity index (χ3n) is 3.91. The van der Waals surface area contributed by atoms with Crippen molar-refractivity contribution in [2.45, 2.75) is 36.3 Å². The van der Waals surface area contributed by atoms with E-state index in [1.165, 1.54) is 17.8 Å². The van der Waals surface area contributed by atoms with Crippen LogP contribution in [0.5, 0.6) is 0 Å². The second-order valence-corrected chi connectivity index (χ2v) is 6.24. The number of halogens is 2. The lowest BCUT2D eigenvalue weighted by molar-refractivity contribution is -0.0752. The van der Waals surface area contributed by atoms with Crippen LogP contribution in [0.3, 0.4) is 0 Å². The Bertz CT molecular complexity index is 919. The summed E-state index contributed by atoms with van der Waals surface area (Å²) in [6, 6.07) is 0. The van der Waals surface area contributed by atoms with Crippen molar-refractivity contribution in [1.29, 1.82) is 0 Å². The average molecular weight is 372 g/mol. The van der Waals surface area contributed by atoms with Crippen LogP contribution in [0.25, 0.3) is 11.2 Å². The predicted molar refractivity (Wildman–Crippen MR) is 86.5 cm³/mol. The van der Waals surface area contributed by atoms with Crippen LogP contribution in [0, 0.1) is 11.8 Å². The molecule has 0 aliphatic carbocycles. The van der Waals surface area contributed by atoms with E-state index in [2.05, 4.69) is 26.8 Å². The molecule has 0 aromatic carbocycles. The van der Waals surface area contributed by atoms with Crippen LogP contribution in [-0.4, -0.2) is 59.6 Å². The molecular weight excluding hydrogens is 357 g/mol. The first kappa shape index (κ1) is 17.6. The van der Waals surface area contributed by atoms with Gasteiger partial charge in [-0.15, -0.1) is 0 Å². The van der Waals surface area contributed by atoms with Crippen molar-refractivity contribution >= 4 is 28.7 Å². The second-order valence-electron chi connectivity index (χ2n) is 5.62. The number of aromatic nitrogens is 4. The summed E-state index contributed by atoms with van der Waals surface area (Å²) in [4.78, 5) is 20.4. The largest absolute Gasteiger partial charge is 0.391 e. The Hall–Kier alpha value is -2.19. The zero-order chi connectivity index (χ0) is 18.4. The molecule has 25 heavy (non-hydrogen) atoms. The van der Waals surface area contributed by atoms with E-state index in [-0.39, 0.29) is 17.1 Å². The van der Waals surface area contributed by atoms with Crippen molar-refractivity contribution in [3.8, 4) is 11.8 Å². The van der Waals surface area contributed by atoms with E-state index < -0.39 is 41.6 Å². The lowest BCUT2D eigenvalue weighted by Gasteiger charge is -2.25. The summed E-state index contributed by atoms with van der Waals surface area (Å²) in [5.41, 5.74) is 5.02. The lowest BCUT2D eigenvalue weighted by atomic mass is 9.96. The zero-order valence-corrected chi connectivity index (χ0v) is 13.7. The average Bonchev–Trinajstić information content (AvgIpc) is 3.06. The van der Waals surface area contributed by atoms with Crippen molar-refractivity contribution in [3.05, 3.63) is 16.7 Å². The van der Waals surface area contributed by atoms with Gasteiger partial charge in [0, 0.05) is 0 Å². The number of anilines is 1. The van der Waals surface area contributed by atoms with Gasteiger partial charge in [-0.25, -0.2) is 9.37 Å².